The summed E-state index contributed by atoms with van der Waals surface area (Å²) in [6.07, 6.45) is 3.79. The van der Waals surface area contributed by atoms with Crippen LogP contribution < -0.4 is 5.32 Å². The predicted molar refractivity (Wildman–Crippen MR) is 87.0 cm³/mol. The Kier molecular flexibility index (Phi) is 4.66. The van der Waals surface area contributed by atoms with Crippen molar-refractivity contribution in [3.8, 4) is 0 Å². The first-order valence-electron chi connectivity index (χ1n) is 8.39. The monoisotopic (exact) mass is 319 g/mol. The van der Waals surface area contributed by atoms with Gasteiger partial charge >= 0.3 is 0 Å². The fourth-order valence-corrected chi connectivity index (χ4v) is 2.93. The molecule has 0 spiro atoms. The van der Waals surface area contributed by atoms with Gasteiger partial charge < -0.3 is 10.2 Å². The molecule has 7 heteroatoms. The molecule has 0 atom stereocenters. The molecule has 23 heavy (non-hydrogen) atoms. The van der Waals surface area contributed by atoms with Gasteiger partial charge in [0.25, 0.3) is 0 Å². The Morgan fingerprint density at radius 3 is 2.57 bits per heavy atom. The number of nitrogens with zero attached hydrogens (tertiary/aromatic N) is 4. The minimum absolute atomic E-state index is 0.0330. The molecule has 1 saturated heterocycles. The fraction of sp³-hybridized carbons (Fsp3) is 0.688. The molecule has 0 aromatic carbocycles. The van der Waals surface area contributed by atoms with Crippen LogP contribution in [0.2, 0.25) is 0 Å². The van der Waals surface area contributed by atoms with E-state index < -0.39 is 0 Å². The highest BCUT2D eigenvalue weighted by Gasteiger charge is 2.34. The summed E-state index contributed by atoms with van der Waals surface area (Å²) in [5, 5.41) is 7.13. The van der Waals surface area contributed by atoms with Crippen molar-refractivity contribution < 1.29 is 9.59 Å². The van der Waals surface area contributed by atoms with Crippen LogP contribution in [0.3, 0.4) is 0 Å². The van der Waals surface area contributed by atoms with E-state index in [1.54, 1.807) is 10.9 Å². The second-order valence-electron chi connectivity index (χ2n) is 6.68. The molecule has 3 rings (SSSR count). The molecular formula is C16H25N5O2. The molecule has 1 saturated carbocycles. The average Bonchev–Trinajstić information content (AvgIpc) is 3.27. The first kappa shape index (κ1) is 16.0. The van der Waals surface area contributed by atoms with E-state index >= 15 is 0 Å². The summed E-state index contributed by atoms with van der Waals surface area (Å²) >= 11 is 0. The van der Waals surface area contributed by atoms with Gasteiger partial charge in [-0.05, 0) is 26.7 Å². The second-order valence-corrected chi connectivity index (χ2v) is 6.68. The molecule has 1 aromatic heterocycles. The van der Waals surface area contributed by atoms with E-state index in [1.807, 2.05) is 24.8 Å². The number of nitrogens with one attached hydrogen (secondary N) is 1. The minimum atomic E-state index is -0.0330. The molecule has 0 bridgehead atoms. The molecule has 2 fully saturated rings. The first-order chi connectivity index (χ1) is 11.0. The summed E-state index contributed by atoms with van der Waals surface area (Å²) in [6, 6.07) is 2.02. The van der Waals surface area contributed by atoms with Crippen molar-refractivity contribution in [3.05, 3.63) is 12.3 Å². The zero-order valence-corrected chi connectivity index (χ0v) is 13.9. The lowest BCUT2D eigenvalue weighted by Crippen LogP contribution is -2.50. The number of aromatic nitrogens is 2. The van der Waals surface area contributed by atoms with E-state index in [-0.39, 0.29) is 17.9 Å². The van der Waals surface area contributed by atoms with Crippen molar-refractivity contribution in [1.29, 1.82) is 0 Å². The van der Waals surface area contributed by atoms with Crippen molar-refractivity contribution in [3.63, 3.8) is 0 Å². The molecule has 1 aliphatic heterocycles. The van der Waals surface area contributed by atoms with Crippen LogP contribution in [0.5, 0.6) is 0 Å². The van der Waals surface area contributed by atoms with E-state index in [9.17, 15) is 9.59 Å². The number of hydrogen-bond donors (Lipinski definition) is 1. The van der Waals surface area contributed by atoms with E-state index in [0.717, 1.165) is 44.8 Å². The van der Waals surface area contributed by atoms with Crippen LogP contribution >= 0.6 is 0 Å². The van der Waals surface area contributed by atoms with Crippen LogP contribution in [-0.2, 0) is 9.59 Å². The third-order valence-electron chi connectivity index (χ3n) is 4.40. The number of anilines is 1. The van der Waals surface area contributed by atoms with Crippen molar-refractivity contribution in [2.75, 3.05) is 38.0 Å². The number of carbonyl (C=O) groups excluding carboxylic acids is 2. The highest BCUT2D eigenvalue weighted by atomic mass is 16.2. The summed E-state index contributed by atoms with van der Waals surface area (Å²) in [4.78, 5) is 28.3. The summed E-state index contributed by atoms with van der Waals surface area (Å²) in [7, 11) is 0. The van der Waals surface area contributed by atoms with Crippen molar-refractivity contribution >= 4 is 17.6 Å². The average molecular weight is 319 g/mol. The van der Waals surface area contributed by atoms with Crippen LogP contribution in [0.1, 0.15) is 32.7 Å². The standard InChI is InChI=1S/C16H25N5O2/c1-12(2)21-14(5-6-17-21)18-15(22)11-19-7-9-20(10-8-19)16(23)13-3-4-13/h5-6,12-13H,3-4,7-11H2,1-2H3,(H,18,22). The maximum absolute atomic E-state index is 12.2. The highest BCUT2D eigenvalue weighted by Crippen LogP contribution is 2.31. The largest absolute Gasteiger partial charge is 0.340 e. The number of amides is 2. The van der Waals surface area contributed by atoms with Crippen LogP contribution in [0.4, 0.5) is 5.82 Å². The van der Waals surface area contributed by atoms with E-state index in [4.69, 9.17) is 0 Å². The quantitative estimate of drug-likeness (QED) is 0.877. The molecule has 0 radical (unpaired) electrons. The summed E-state index contributed by atoms with van der Waals surface area (Å²) < 4.78 is 1.80. The lowest BCUT2D eigenvalue weighted by atomic mass is 10.2. The minimum Gasteiger partial charge on any atom is -0.340 e. The van der Waals surface area contributed by atoms with Crippen LogP contribution in [-0.4, -0.2) is 64.1 Å². The summed E-state index contributed by atoms with van der Waals surface area (Å²) in [6.45, 7) is 7.38. The highest BCUT2D eigenvalue weighted by molar-refractivity contribution is 5.91. The number of carbonyl (C=O) groups is 2. The van der Waals surface area contributed by atoms with Gasteiger partial charge in [0.1, 0.15) is 5.82 Å². The third kappa shape index (κ3) is 3.90. The Balaban J connectivity index is 1.45. The van der Waals surface area contributed by atoms with Gasteiger partial charge in [0.15, 0.2) is 0 Å². The normalized spacial score (nSPS) is 19.2. The molecule has 2 amide bonds. The van der Waals surface area contributed by atoms with Crippen LogP contribution in [0.25, 0.3) is 0 Å². The summed E-state index contributed by atoms with van der Waals surface area (Å²) in [5.41, 5.74) is 0. The number of piperazine rings is 1. The van der Waals surface area contributed by atoms with E-state index in [0.29, 0.717) is 12.5 Å². The Bertz CT molecular complexity index is 571. The zero-order valence-electron chi connectivity index (χ0n) is 13.9. The molecule has 2 aliphatic rings. The Morgan fingerprint density at radius 2 is 1.96 bits per heavy atom. The van der Waals surface area contributed by atoms with Crippen molar-refractivity contribution in [1.82, 2.24) is 19.6 Å². The topological polar surface area (TPSA) is 70.5 Å². The first-order valence-corrected chi connectivity index (χ1v) is 8.39. The maximum atomic E-state index is 12.2. The lowest BCUT2D eigenvalue weighted by molar-refractivity contribution is -0.134. The van der Waals surface area contributed by atoms with Crippen LogP contribution in [0, 0.1) is 5.92 Å². The second kappa shape index (κ2) is 6.70. The van der Waals surface area contributed by atoms with Gasteiger partial charge in [-0.3, -0.25) is 14.5 Å². The fourth-order valence-electron chi connectivity index (χ4n) is 2.93. The van der Waals surface area contributed by atoms with Gasteiger partial charge in [-0.25, -0.2) is 4.68 Å². The molecular weight excluding hydrogens is 294 g/mol. The smallest absolute Gasteiger partial charge is 0.239 e. The van der Waals surface area contributed by atoms with Gasteiger partial charge in [-0.15, -0.1) is 0 Å². The van der Waals surface area contributed by atoms with E-state index in [1.165, 1.54) is 0 Å². The van der Waals surface area contributed by atoms with Crippen molar-refractivity contribution in [2.45, 2.75) is 32.7 Å². The van der Waals surface area contributed by atoms with Gasteiger partial charge in [-0.1, -0.05) is 0 Å². The van der Waals surface area contributed by atoms with Gasteiger partial charge in [0.2, 0.25) is 11.8 Å². The van der Waals surface area contributed by atoms with Crippen molar-refractivity contribution in [2.24, 2.45) is 5.92 Å². The SMILES string of the molecule is CC(C)n1nccc1NC(=O)CN1CCN(C(=O)C2CC2)CC1. The molecule has 1 aromatic rings. The zero-order chi connectivity index (χ0) is 16.4. The molecule has 0 unspecified atom stereocenters. The molecule has 1 N–H and O–H groups in total. The molecule has 2 heterocycles. The maximum Gasteiger partial charge on any atom is 0.239 e. The predicted octanol–water partition coefficient (Wildman–Crippen LogP) is 0.957. The third-order valence-corrected chi connectivity index (χ3v) is 4.40. The number of hydrogen-bond acceptors (Lipinski definition) is 4. The van der Waals surface area contributed by atoms with E-state index in [2.05, 4.69) is 15.3 Å². The lowest BCUT2D eigenvalue weighted by Gasteiger charge is -2.34. The van der Waals surface area contributed by atoms with Gasteiger partial charge in [0.05, 0.1) is 12.7 Å². The Hall–Kier alpha value is -1.89. The molecule has 7 nitrogen and oxygen atoms in total. The van der Waals surface area contributed by atoms with Gasteiger partial charge in [0, 0.05) is 44.2 Å². The van der Waals surface area contributed by atoms with Crippen LogP contribution in [0.15, 0.2) is 12.3 Å². The number of rotatable bonds is 5. The Labute approximate surface area is 136 Å². The summed E-state index contributed by atoms with van der Waals surface area (Å²) in [5.74, 6) is 1.28. The molecule has 126 valence electrons. The molecule has 1 aliphatic carbocycles. The van der Waals surface area contributed by atoms with Gasteiger partial charge in [-0.2, -0.15) is 5.10 Å². The Morgan fingerprint density at radius 1 is 1.26 bits per heavy atom.